The van der Waals surface area contributed by atoms with Gasteiger partial charge in [0.2, 0.25) is 0 Å². The highest BCUT2D eigenvalue weighted by Gasteiger charge is 2.03. The Morgan fingerprint density at radius 3 is 2.80 bits per heavy atom. The van der Waals surface area contributed by atoms with Crippen molar-refractivity contribution in [3.8, 4) is 5.75 Å². The van der Waals surface area contributed by atoms with Crippen LogP contribution in [0.15, 0.2) is 18.3 Å². The molecule has 1 heterocycles. The largest absolute Gasteiger partial charge is 0.433 e. The summed E-state index contributed by atoms with van der Waals surface area (Å²) in [5, 5.41) is 11.4. The van der Waals surface area contributed by atoms with E-state index in [-0.39, 0.29) is 12.4 Å². The highest BCUT2D eigenvalue weighted by Crippen LogP contribution is 2.14. The number of halogens is 2. The van der Waals surface area contributed by atoms with Crippen LogP contribution in [-0.4, -0.2) is 29.9 Å². The molecule has 2 N–H and O–H groups in total. The van der Waals surface area contributed by atoms with Gasteiger partial charge in [0.25, 0.3) is 0 Å². The lowest BCUT2D eigenvalue weighted by Crippen LogP contribution is -2.06. The molecule has 0 aliphatic heterocycles. The van der Waals surface area contributed by atoms with Gasteiger partial charge in [0.1, 0.15) is 11.6 Å². The number of alkyl halides is 2. The van der Waals surface area contributed by atoms with Crippen LogP contribution in [0.2, 0.25) is 0 Å². The second-order valence-corrected chi connectivity index (χ2v) is 2.76. The molecule has 0 atom stereocenters. The molecule has 15 heavy (non-hydrogen) atoms. The van der Waals surface area contributed by atoms with Gasteiger partial charge >= 0.3 is 6.61 Å². The number of hydrogen-bond donors (Lipinski definition) is 2. The zero-order valence-electron chi connectivity index (χ0n) is 7.99. The maximum atomic E-state index is 11.8. The van der Waals surface area contributed by atoms with Gasteiger partial charge in [0.05, 0.1) is 6.20 Å². The molecule has 84 valence electrons. The molecule has 0 aliphatic carbocycles. The first-order valence-electron chi connectivity index (χ1n) is 4.48. The summed E-state index contributed by atoms with van der Waals surface area (Å²) < 4.78 is 27.7. The van der Waals surface area contributed by atoms with Crippen molar-refractivity contribution in [3.05, 3.63) is 18.3 Å². The van der Waals surface area contributed by atoms with Crippen molar-refractivity contribution < 1.29 is 18.6 Å². The number of aliphatic hydroxyl groups excluding tert-OH is 1. The van der Waals surface area contributed by atoms with Crippen LogP contribution in [0.1, 0.15) is 6.42 Å². The van der Waals surface area contributed by atoms with Crippen LogP contribution in [0.3, 0.4) is 0 Å². The number of nitrogens with one attached hydrogen (secondary N) is 1. The van der Waals surface area contributed by atoms with Gasteiger partial charge in [-0.3, -0.25) is 0 Å². The zero-order chi connectivity index (χ0) is 11.1. The summed E-state index contributed by atoms with van der Waals surface area (Å²) in [5.74, 6) is 0.586. The standard InChI is InChI=1S/C9H12F2N2O2/c10-9(11)15-7-2-3-8(13-6-7)12-4-1-5-14/h2-3,6,9,14H,1,4-5H2,(H,12,13). The second-order valence-electron chi connectivity index (χ2n) is 2.76. The molecule has 0 bridgehead atoms. The Kier molecular flexibility index (Phi) is 4.76. The lowest BCUT2D eigenvalue weighted by atomic mass is 10.4. The first-order chi connectivity index (χ1) is 7.22. The molecule has 0 aliphatic rings. The van der Waals surface area contributed by atoms with Crippen LogP contribution in [0.4, 0.5) is 14.6 Å². The number of ether oxygens (including phenoxy) is 1. The molecular formula is C9H12F2N2O2. The highest BCUT2D eigenvalue weighted by atomic mass is 19.3. The van der Waals surface area contributed by atoms with Crippen molar-refractivity contribution in [1.82, 2.24) is 4.98 Å². The number of hydrogen-bond acceptors (Lipinski definition) is 4. The number of anilines is 1. The van der Waals surface area contributed by atoms with Crippen LogP contribution < -0.4 is 10.1 Å². The van der Waals surface area contributed by atoms with Crippen LogP contribution >= 0.6 is 0 Å². The van der Waals surface area contributed by atoms with Crippen molar-refractivity contribution in [2.24, 2.45) is 0 Å². The normalized spacial score (nSPS) is 10.4. The maximum absolute atomic E-state index is 11.8. The average Bonchev–Trinajstić information content (AvgIpc) is 2.20. The fourth-order valence-electron chi connectivity index (χ4n) is 0.953. The van der Waals surface area contributed by atoms with Crippen LogP contribution in [0, 0.1) is 0 Å². The first kappa shape index (κ1) is 11.6. The summed E-state index contributed by atoms with van der Waals surface area (Å²) in [7, 11) is 0. The van der Waals surface area contributed by atoms with E-state index in [9.17, 15) is 8.78 Å². The molecule has 1 rings (SSSR count). The van der Waals surface area contributed by atoms with E-state index in [4.69, 9.17) is 5.11 Å². The van der Waals surface area contributed by atoms with Crippen molar-refractivity contribution in [1.29, 1.82) is 0 Å². The van der Waals surface area contributed by atoms with E-state index in [1.165, 1.54) is 18.3 Å². The molecule has 4 nitrogen and oxygen atoms in total. The molecule has 0 saturated carbocycles. The number of nitrogens with zero attached hydrogens (tertiary/aromatic N) is 1. The van der Waals surface area contributed by atoms with Gasteiger partial charge in [-0.1, -0.05) is 0 Å². The Hall–Kier alpha value is -1.43. The minimum absolute atomic E-state index is 0.0257. The Morgan fingerprint density at radius 2 is 2.27 bits per heavy atom. The van der Waals surface area contributed by atoms with Gasteiger partial charge in [0, 0.05) is 13.2 Å². The molecule has 0 saturated heterocycles. The number of rotatable bonds is 6. The third-order valence-electron chi connectivity index (χ3n) is 1.60. The van der Waals surface area contributed by atoms with E-state index in [0.29, 0.717) is 18.8 Å². The monoisotopic (exact) mass is 218 g/mol. The zero-order valence-corrected chi connectivity index (χ0v) is 7.99. The van der Waals surface area contributed by atoms with E-state index >= 15 is 0 Å². The lowest BCUT2D eigenvalue weighted by molar-refractivity contribution is -0.0500. The Labute approximate surface area is 85.9 Å². The molecule has 1 aromatic heterocycles. The predicted molar refractivity (Wildman–Crippen MR) is 51.1 cm³/mol. The molecule has 1 aromatic rings. The average molecular weight is 218 g/mol. The van der Waals surface area contributed by atoms with Crippen LogP contribution in [0.5, 0.6) is 5.75 Å². The minimum Gasteiger partial charge on any atom is -0.433 e. The van der Waals surface area contributed by atoms with E-state index in [1.807, 2.05) is 0 Å². The van der Waals surface area contributed by atoms with E-state index in [1.54, 1.807) is 0 Å². The SMILES string of the molecule is OCCCNc1ccc(OC(F)F)cn1. The summed E-state index contributed by atoms with van der Waals surface area (Å²) >= 11 is 0. The van der Waals surface area contributed by atoms with Crippen molar-refractivity contribution in [2.45, 2.75) is 13.0 Å². The van der Waals surface area contributed by atoms with E-state index in [2.05, 4.69) is 15.0 Å². The smallest absolute Gasteiger partial charge is 0.387 e. The minimum atomic E-state index is -2.83. The number of aliphatic hydroxyl groups is 1. The van der Waals surface area contributed by atoms with Crippen LogP contribution in [-0.2, 0) is 0 Å². The maximum Gasteiger partial charge on any atom is 0.387 e. The molecule has 0 fully saturated rings. The fraction of sp³-hybridized carbons (Fsp3) is 0.444. The topological polar surface area (TPSA) is 54.4 Å². The quantitative estimate of drug-likeness (QED) is 0.710. The van der Waals surface area contributed by atoms with Crippen LogP contribution in [0.25, 0.3) is 0 Å². The van der Waals surface area contributed by atoms with Crippen molar-refractivity contribution in [3.63, 3.8) is 0 Å². The molecule has 0 aromatic carbocycles. The molecular weight excluding hydrogens is 206 g/mol. The summed E-state index contributed by atoms with van der Waals surface area (Å²) in [6, 6.07) is 2.94. The predicted octanol–water partition coefficient (Wildman–Crippen LogP) is 1.48. The summed E-state index contributed by atoms with van der Waals surface area (Å²) in [4.78, 5) is 3.85. The van der Waals surface area contributed by atoms with Gasteiger partial charge in [-0.15, -0.1) is 0 Å². The number of aromatic nitrogens is 1. The van der Waals surface area contributed by atoms with Crippen molar-refractivity contribution >= 4 is 5.82 Å². The number of pyridine rings is 1. The summed E-state index contributed by atoms with van der Waals surface area (Å²) in [6.07, 6.45) is 1.82. The molecule has 0 spiro atoms. The molecule has 6 heteroatoms. The summed E-state index contributed by atoms with van der Waals surface area (Å²) in [5.41, 5.74) is 0. The molecule has 0 unspecified atom stereocenters. The summed E-state index contributed by atoms with van der Waals surface area (Å²) in [6.45, 7) is -2.15. The van der Waals surface area contributed by atoms with Gasteiger partial charge < -0.3 is 15.2 Å². The van der Waals surface area contributed by atoms with Gasteiger partial charge in [-0.05, 0) is 18.6 Å². The third-order valence-corrected chi connectivity index (χ3v) is 1.60. The van der Waals surface area contributed by atoms with Gasteiger partial charge in [-0.2, -0.15) is 8.78 Å². The van der Waals surface area contributed by atoms with Gasteiger partial charge in [0.15, 0.2) is 0 Å². The van der Waals surface area contributed by atoms with Gasteiger partial charge in [-0.25, -0.2) is 4.98 Å². The fourth-order valence-corrected chi connectivity index (χ4v) is 0.953. The molecule has 0 radical (unpaired) electrons. The Morgan fingerprint density at radius 1 is 1.47 bits per heavy atom. The third kappa shape index (κ3) is 4.55. The first-order valence-corrected chi connectivity index (χ1v) is 4.48. The Bertz CT molecular complexity index is 280. The Balaban J connectivity index is 2.42. The van der Waals surface area contributed by atoms with E-state index < -0.39 is 6.61 Å². The highest BCUT2D eigenvalue weighted by molar-refractivity contribution is 5.37. The molecule has 0 amide bonds. The second kappa shape index (κ2) is 6.13. The van der Waals surface area contributed by atoms with Crippen molar-refractivity contribution in [2.75, 3.05) is 18.5 Å². The van der Waals surface area contributed by atoms with E-state index in [0.717, 1.165) is 0 Å². The lowest BCUT2D eigenvalue weighted by Gasteiger charge is -2.06.